The summed E-state index contributed by atoms with van der Waals surface area (Å²) < 4.78 is 54.6. The lowest BCUT2D eigenvalue weighted by Crippen LogP contribution is -2.14. The lowest BCUT2D eigenvalue weighted by atomic mass is 10.0. The number of hydrogen-bond donors (Lipinski definition) is 0. The van der Waals surface area contributed by atoms with Crippen molar-refractivity contribution in [2.24, 2.45) is 0 Å². The van der Waals surface area contributed by atoms with Crippen molar-refractivity contribution in [2.45, 2.75) is 13.0 Å². The second-order valence-electron chi connectivity index (χ2n) is 7.60. The molecule has 200 valence electrons. The molecule has 9 nitrogen and oxygen atoms in total. The zero-order chi connectivity index (χ0) is 27.2. The summed E-state index contributed by atoms with van der Waals surface area (Å²) in [6, 6.07) is 12.3. The first kappa shape index (κ1) is 28.2. The quantitative estimate of drug-likeness (QED) is 0.164. The summed E-state index contributed by atoms with van der Waals surface area (Å²) in [5, 5.41) is 7.61. The lowest BCUT2D eigenvalue weighted by Gasteiger charge is -2.11. The fraction of sp³-hybridized carbons (Fsp3) is 0.259. The van der Waals surface area contributed by atoms with Crippen molar-refractivity contribution in [1.29, 1.82) is 0 Å². The molecule has 2 aromatic carbocycles. The van der Waals surface area contributed by atoms with Crippen LogP contribution in [0, 0.1) is 11.6 Å². The number of aromatic nitrogens is 2. The van der Waals surface area contributed by atoms with Gasteiger partial charge >= 0.3 is 11.9 Å². The van der Waals surface area contributed by atoms with E-state index in [-0.39, 0.29) is 46.1 Å². The van der Waals surface area contributed by atoms with Gasteiger partial charge in [0.1, 0.15) is 32.2 Å². The van der Waals surface area contributed by atoms with Crippen molar-refractivity contribution in [3.63, 3.8) is 0 Å². The molecule has 0 spiro atoms. The van der Waals surface area contributed by atoms with E-state index in [2.05, 4.69) is 16.8 Å². The van der Waals surface area contributed by atoms with Gasteiger partial charge in [-0.1, -0.05) is 18.7 Å². The van der Waals surface area contributed by atoms with Crippen molar-refractivity contribution in [2.75, 3.05) is 33.0 Å². The normalized spacial score (nSPS) is 10.5. The fourth-order valence-electron chi connectivity index (χ4n) is 3.08. The van der Waals surface area contributed by atoms with Crippen LogP contribution in [0.2, 0.25) is 0 Å². The SMILES string of the molecule is C=CC(=O)OCCOc1c(F)cc(-c2ccc(OCCOC(=O)CCOCc3cccnn3)cc2)cc1F. The van der Waals surface area contributed by atoms with Crippen molar-refractivity contribution >= 4 is 11.9 Å². The Morgan fingerprint density at radius 3 is 2.26 bits per heavy atom. The van der Waals surface area contributed by atoms with Gasteiger partial charge in [-0.25, -0.2) is 13.6 Å². The van der Waals surface area contributed by atoms with Gasteiger partial charge in [0.05, 0.1) is 25.3 Å². The van der Waals surface area contributed by atoms with Gasteiger partial charge in [-0.15, -0.1) is 0 Å². The maximum absolute atomic E-state index is 14.4. The Balaban J connectivity index is 1.38. The van der Waals surface area contributed by atoms with Crippen LogP contribution in [0.1, 0.15) is 12.1 Å². The molecular weight excluding hydrogens is 502 g/mol. The molecular formula is C27H26F2N2O7. The van der Waals surface area contributed by atoms with Crippen LogP contribution in [0.5, 0.6) is 11.5 Å². The largest absolute Gasteiger partial charge is 0.490 e. The standard InChI is InChI=1S/C27H26F2N2O7/c1-2-25(32)36-14-15-38-27-23(28)16-20(17-24(27)29)19-5-7-22(8-6-19)35-12-13-37-26(33)9-11-34-18-21-4-3-10-30-31-21/h2-8,10,16-17H,1,9,11-15,18H2. The van der Waals surface area contributed by atoms with Crippen LogP contribution in [-0.2, 0) is 30.4 Å². The molecule has 38 heavy (non-hydrogen) atoms. The molecule has 0 radical (unpaired) electrons. The molecule has 1 heterocycles. The number of carbonyl (C=O) groups is 2. The minimum atomic E-state index is -0.892. The number of esters is 2. The van der Waals surface area contributed by atoms with E-state index >= 15 is 0 Å². The fourth-order valence-corrected chi connectivity index (χ4v) is 3.08. The Bertz CT molecular complexity index is 1180. The van der Waals surface area contributed by atoms with Gasteiger partial charge in [0, 0.05) is 12.3 Å². The summed E-state index contributed by atoms with van der Waals surface area (Å²) in [5.41, 5.74) is 1.52. The van der Waals surface area contributed by atoms with E-state index in [0.29, 0.717) is 22.6 Å². The monoisotopic (exact) mass is 528 g/mol. The Morgan fingerprint density at radius 1 is 0.868 bits per heavy atom. The van der Waals surface area contributed by atoms with E-state index in [1.54, 1.807) is 42.6 Å². The summed E-state index contributed by atoms with van der Waals surface area (Å²) in [4.78, 5) is 22.8. The second kappa shape index (κ2) is 15.0. The summed E-state index contributed by atoms with van der Waals surface area (Å²) >= 11 is 0. The van der Waals surface area contributed by atoms with E-state index in [4.69, 9.17) is 23.7 Å². The number of hydrogen-bond acceptors (Lipinski definition) is 9. The molecule has 0 saturated heterocycles. The van der Waals surface area contributed by atoms with Crippen LogP contribution in [0.4, 0.5) is 8.78 Å². The van der Waals surface area contributed by atoms with E-state index in [1.165, 1.54) is 0 Å². The topological polar surface area (TPSA) is 106 Å². The Morgan fingerprint density at radius 2 is 1.58 bits per heavy atom. The third kappa shape index (κ3) is 9.25. The van der Waals surface area contributed by atoms with E-state index in [0.717, 1.165) is 18.2 Å². The minimum absolute atomic E-state index is 0.0510. The van der Waals surface area contributed by atoms with Gasteiger partial charge in [-0.2, -0.15) is 10.2 Å². The molecule has 0 bridgehead atoms. The summed E-state index contributed by atoms with van der Waals surface area (Å²) in [6.07, 6.45) is 2.63. The van der Waals surface area contributed by atoms with Crippen molar-refractivity contribution in [3.05, 3.63) is 84.7 Å². The maximum atomic E-state index is 14.4. The van der Waals surface area contributed by atoms with Crippen LogP contribution < -0.4 is 9.47 Å². The smallest absolute Gasteiger partial charge is 0.330 e. The number of rotatable bonds is 15. The zero-order valence-electron chi connectivity index (χ0n) is 20.4. The molecule has 0 aliphatic rings. The predicted octanol–water partition coefficient (Wildman–Crippen LogP) is 4.06. The highest BCUT2D eigenvalue weighted by Crippen LogP contribution is 2.30. The van der Waals surface area contributed by atoms with Crippen LogP contribution in [0.25, 0.3) is 11.1 Å². The summed E-state index contributed by atoms with van der Waals surface area (Å²) in [6.45, 7) is 3.48. The third-order valence-corrected chi connectivity index (χ3v) is 4.87. The molecule has 0 fully saturated rings. The Labute approximate surface area is 217 Å². The average Bonchev–Trinajstić information content (AvgIpc) is 2.93. The van der Waals surface area contributed by atoms with Crippen LogP contribution in [0.3, 0.4) is 0 Å². The van der Waals surface area contributed by atoms with Gasteiger partial charge in [0.15, 0.2) is 17.4 Å². The van der Waals surface area contributed by atoms with Gasteiger partial charge in [-0.05, 0) is 47.5 Å². The second-order valence-corrected chi connectivity index (χ2v) is 7.60. The molecule has 11 heteroatoms. The molecule has 0 saturated carbocycles. The first-order valence-corrected chi connectivity index (χ1v) is 11.6. The van der Waals surface area contributed by atoms with E-state index in [9.17, 15) is 18.4 Å². The predicted molar refractivity (Wildman–Crippen MR) is 131 cm³/mol. The van der Waals surface area contributed by atoms with Crippen LogP contribution in [0.15, 0.2) is 67.4 Å². The summed E-state index contributed by atoms with van der Waals surface area (Å²) in [7, 11) is 0. The number of carbonyl (C=O) groups excluding carboxylic acids is 2. The first-order valence-electron chi connectivity index (χ1n) is 11.6. The lowest BCUT2D eigenvalue weighted by molar-refractivity contribution is -0.145. The van der Waals surface area contributed by atoms with Gasteiger partial charge in [0.25, 0.3) is 0 Å². The molecule has 0 atom stereocenters. The number of ether oxygens (including phenoxy) is 5. The molecule has 0 amide bonds. The van der Waals surface area contributed by atoms with Crippen molar-refractivity contribution < 1.29 is 42.1 Å². The maximum Gasteiger partial charge on any atom is 0.330 e. The molecule has 0 N–H and O–H groups in total. The highest BCUT2D eigenvalue weighted by molar-refractivity contribution is 5.81. The van der Waals surface area contributed by atoms with Gasteiger partial charge in [0.2, 0.25) is 0 Å². The average molecular weight is 529 g/mol. The van der Waals surface area contributed by atoms with Crippen LogP contribution in [-0.4, -0.2) is 55.2 Å². The van der Waals surface area contributed by atoms with Gasteiger partial charge < -0.3 is 23.7 Å². The Kier molecular flexibility index (Phi) is 11.1. The minimum Gasteiger partial charge on any atom is -0.490 e. The number of halogens is 2. The third-order valence-electron chi connectivity index (χ3n) is 4.87. The number of benzene rings is 2. The van der Waals surface area contributed by atoms with Gasteiger partial charge in [-0.3, -0.25) is 4.79 Å². The van der Waals surface area contributed by atoms with E-state index < -0.39 is 29.3 Å². The van der Waals surface area contributed by atoms with Crippen LogP contribution >= 0.6 is 0 Å². The summed E-state index contributed by atoms with van der Waals surface area (Å²) in [5.74, 6) is -2.93. The molecule has 1 aromatic heterocycles. The highest BCUT2D eigenvalue weighted by Gasteiger charge is 2.14. The van der Waals surface area contributed by atoms with Crippen molar-refractivity contribution in [1.82, 2.24) is 10.2 Å². The van der Waals surface area contributed by atoms with E-state index in [1.807, 2.05) is 0 Å². The first-order chi connectivity index (χ1) is 18.5. The Hall–Kier alpha value is -4.38. The highest BCUT2D eigenvalue weighted by atomic mass is 19.1. The molecule has 0 aliphatic heterocycles. The van der Waals surface area contributed by atoms with Crippen molar-refractivity contribution in [3.8, 4) is 22.6 Å². The molecule has 3 rings (SSSR count). The number of nitrogens with zero attached hydrogens (tertiary/aromatic N) is 2. The molecule has 3 aromatic rings. The molecule has 0 aliphatic carbocycles. The molecule has 0 unspecified atom stereocenters. The zero-order valence-corrected chi connectivity index (χ0v) is 20.4.